The van der Waals surface area contributed by atoms with Crippen LogP contribution in [0.4, 0.5) is 4.39 Å². The Morgan fingerprint density at radius 3 is 2.61 bits per heavy atom. The zero-order valence-electron chi connectivity index (χ0n) is 15.7. The number of rotatable bonds is 3. The van der Waals surface area contributed by atoms with Crippen molar-refractivity contribution in [2.45, 2.75) is 25.3 Å². The molecule has 0 radical (unpaired) electrons. The van der Waals surface area contributed by atoms with Crippen LogP contribution in [-0.4, -0.2) is 40.7 Å². The maximum atomic E-state index is 13.9. The SMILES string of the molecule is CC1CC(c2nn(-c3ccc(Br)cc3)cc2C2OCC3(CO3)N2C)=CC=C1F. The summed E-state index contributed by atoms with van der Waals surface area (Å²) in [4.78, 5) is 2.13. The standard InChI is InChI=1S/C21H21BrFN3O2/c1-13-9-14(3-8-18(13)23)19-17(20-25(2)21(11-27-20)12-28-21)10-26(24-19)16-6-4-15(22)5-7-16/h3-8,10,13,20H,9,11-12H2,1-2H3. The Balaban J connectivity index is 1.59. The Hall–Kier alpha value is -1.80. The summed E-state index contributed by atoms with van der Waals surface area (Å²) in [5.74, 6) is -0.233. The summed E-state index contributed by atoms with van der Waals surface area (Å²) in [6.07, 6.45) is 5.78. The number of benzene rings is 1. The second-order valence-corrected chi connectivity index (χ2v) is 8.63. The lowest BCUT2D eigenvalue weighted by Gasteiger charge is -2.22. The molecular formula is C21H21BrFN3O2. The fourth-order valence-electron chi connectivity index (χ4n) is 3.86. The Morgan fingerprint density at radius 2 is 1.96 bits per heavy atom. The lowest BCUT2D eigenvalue weighted by molar-refractivity contribution is 0.0368. The first kappa shape index (κ1) is 18.2. The lowest BCUT2D eigenvalue weighted by atomic mass is 9.91. The van der Waals surface area contributed by atoms with Crippen molar-refractivity contribution in [3.63, 3.8) is 0 Å². The van der Waals surface area contributed by atoms with E-state index in [1.807, 2.05) is 55.2 Å². The van der Waals surface area contributed by atoms with Gasteiger partial charge in [0.2, 0.25) is 0 Å². The summed E-state index contributed by atoms with van der Waals surface area (Å²) in [6.45, 7) is 3.13. The summed E-state index contributed by atoms with van der Waals surface area (Å²) in [7, 11) is 2.02. The second-order valence-electron chi connectivity index (χ2n) is 7.71. The van der Waals surface area contributed by atoms with Crippen molar-refractivity contribution in [2.75, 3.05) is 20.3 Å². The summed E-state index contributed by atoms with van der Waals surface area (Å²) >= 11 is 3.47. The third kappa shape index (κ3) is 2.97. The molecular weight excluding hydrogens is 425 g/mol. The molecule has 5 nitrogen and oxygen atoms in total. The van der Waals surface area contributed by atoms with Crippen molar-refractivity contribution >= 4 is 21.5 Å². The molecule has 1 spiro atoms. The fraction of sp³-hybridized carbons (Fsp3) is 0.381. The number of aromatic nitrogens is 2. The average molecular weight is 446 g/mol. The highest BCUT2D eigenvalue weighted by molar-refractivity contribution is 9.10. The van der Waals surface area contributed by atoms with Crippen LogP contribution in [0, 0.1) is 5.92 Å². The van der Waals surface area contributed by atoms with Crippen molar-refractivity contribution in [2.24, 2.45) is 5.92 Å². The highest BCUT2D eigenvalue weighted by Gasteiger charge is 2.57. The van der Waals surface area contributed by atoms with E-state index in [9.17, 15) is 4.39 Å². The van der Waals surface area contributed by atoms with Gasteiger partial charge in [-0.3, -0.25) is 0 Å². The third-order valence-electron chi connectivity index (χ3n) is 5.78. The molecule has 3 atom stereocenters. The summed E-state index contributed by atoms with van der Waals surface area (Å²) in [5.41, 5.74) is 3.51. The van der Waals surface area contributed by atoms with Crippen molar-refractivity contribution in [1.82, 2.24) is 14.7 Å². The third-order valence-corrected chi connectivity index (χ3v) is 6.31. The van der Waals surface area contributed by atoms with Crippen molar-refractivity contribution in [1.29, 1.82) is 0 Å². The number of ether oxygens (including phenoxy) is 2. The molecule has 146 valence electrons. The van der Waals surface area contributed by atoms with Gasteiger partial charge in [0.05, 0.1) is 24.6 Å². The van der Waals surface area contributed by atoms with Crippen molar-refractivity contribution in [3.05, 3.63) is 64.2 Å². The lowest BCUT2D eigenvalue weighted by Crippen LogP contribution is -2.32. The van der Waals surface area contributed by atoms with Gasteiger partial charge >= 0.3 is 0 Å². The molecule has 3 unspecified atom stereocenters. The van der Waals surface area contributed by atoms with E-state index < -0.39 is 0 Å². The highest BCUT2D eigenvalue weighted by atomic mass is 79.9. The van der Waals surface area contributed by atoms with Crippen LogP contribution in [0.25, 0.3) is 11.3 Å². The molecule has 1 aliphatic carbocycles. The van der Waals surface area contributed by atoms with Crippen LogP contribution in [0.1, 0.15) is 30.8 Å². The van der Waals surface area contributed by atoms with Gasteiger partial charge in [-0.05, 0) is 49.4 Å². The van der Waals surface area contributed by atoms with E-state index in [1.165, 1.54) is 0 Å². The van der Waals surface area contributed by atoms with Crippen molar-refractivity contribution < 1.29 is 13.9 Å². The van der Waals surface area contributed by atoms with E-state index in [0.29, 0.717) is 19.6 Å². The molecule has 0 amide bonds. The van der Waals surface area contributed by atoms with E-state index in [4.69, 9.17) is 14.6 Å². The first-order valence-electron chi connectivity index (χ1n) is 9.37. The first-order valence-corrected chi connectivity index (χ1v) is 10.2. The number of hydrogen-bond donors (Lipinski definition) is 0. The molecule has 7 heteroatoms. The van der Waals surface area contributed by atoms with E-state index in [-0.39, 0.29) is 23.7 Å². The molecule has 0 bridgehead atoms. The minimum atomic E-state index is -0.304. The maximum absolute atomic E-state index is 13.9. The zero-order chi connectivity index (χ0) is 19.5. The van der Waals surface area contributed by atoms with Crippen LogP contribution in [-0.2, 0) is 9.47 Å². The molecule has 2 aromatic rings. The Morgan fingerprint density at radius 1 is 1.21 bits per heavy atom. The number of halogens is 2. The smallest absolute Gasteiger partial charge is 0.171 e. The Labute approximate surface area is 171 Å². The number of epoxide rings is 1. The number of nitrogens with zero attached hydrogens (tertiary/aromatic N) is 3. The average Bonchev–Trinajstić information content (AvgIpc) is 3.24. The molecule has 28 heavy (non-hydrogen) atoms. The molecule has 5 rings (SSSR count). The molecule has 3 heterocycles. The minimum absolute atomic E-state index is 0.0859. The van der Waals surface area contributed by atoms with Gasteiger partial charge in [-0.2, -0.15) is 5.10 Å². The van der Waals surface area contributed by atoms with Crippen LogP contribution in [0.2, 0.25) is 0 Å². The highest BCUT2D eigenvalue weighted by Crippen LogP contribution is 2.46. The van der Waals surface area contributed by atoms with E-state index in [0.717, 1.165) is 27.0 Å². The monoisotopic (exact) mass is 445 g/mol. The second kappa shape index (κ2) is 6.62. The normalized spacial score (nSPS) is 29.9. The molecule has 2 fully saturated rings. The van der Waals surface area contributed by atoms with Gasteiger partial charge in [0.25, 0.3) is 0 Å². The van der Waals surface area contributed by atoms with Crippen molar-refractivity contribution in [3.8, 4) is 5.69 Å². The quantitative estimate of drug-likeness (QED) is 0.647. The Bertz CT molecular complexity index is 978. The van der Waals surface area contributed by atoms with E-state index >= 15 is 0 Å². The van der Waals surface area contributed by atoms with Gasteiger partial charge in [-0.15, -0.1) is 0 Å². The minimum Gasteiger partial charge on any atom is -0.354 e. The van der Waals surface area contributed by atoms with E-state index in [2.05, 4.69) is 20.8 Å². The number of hydrogen-bond acceptors (Lipinski definition) is 4. The van der Waals surface area contributed by atoms with Gasteiger partial charge in [0, 0.05) is 22.2 Å². The van der Waals surface area contributed by atoms with Crippen LogP contribution in [0.5, 0.6) is 0 Å². The topological polar surface area (TPSA) is 42.8 Å². The van der Waals surface area contributed by atoms with E-state index in [1.54, 1.807) is 6.08 Å². The number of likely N-dealkylation sites (N-methyl/N-ethyl adjacent to an activating group) is 1. The zero-order valence-corrected chi connectivity index (χ0v) is 17.3. The molecule has 1 aromatic carbocycles. The molecule has 0 saturated carbocycles. The molecule has 2 saturated heterocycles. The first-order chi connectivity index (χ1) is 13.5. The Kier molecular flexibility index (Phi) is 4.32. The molecule has 0 N–H and O–H groups in total. The van der Waals surface area contributed by atoms with Crippen LogP contribution >= 0.6 is 15.9 Å². The summed E-state index contributed by atoms with van der Waals surface area (Å²) in [6, 6.07) is 7.99. The molecule has 2 aliphatic heterocycles. The van der Waals surface area contributed by atoms with Crippen LogP contribution < -0.4 is 0 Å². The van der Waals surface area contributed by atoms with Gasteiger partial charge in [-0.25, -0.2) is 14.0 Å². The summed E-state index contributed by atoms with van der Waals surface area (Å²) < 4.78 is 28.5. The van der Waals surface area contributed by atoms with Gasteiger partial charge < -0.3 is 9.47 Å². The predicted molar refractivity (Wildman–Crippen MR) is 107 cm³/mol. The maximum Gasteiger partial charge on any atom is 0.171 e. The predicted octanol–water partition coefficient (Wildman–Crippen LogP) is 4.60. The van der Waals surface area contributed by atoms with Crippen LogP contribution in [0.3, 0.4) is 0 Å². The summed E-state index contributed by atoms with van der Waals surface area (Å²) in [5, 5.41) is 4.87. The number of allylic oxidation sites excluding steroid dienone is 4. The van der Waals surface area contributed by atoms with Gasteiger partial charge in [-0.1, -0.05) is 28.9 Å². The van der Waals surface area contributed by atoms with Gasteiger partial charge in [0.1, 0.15) is 12.1 Å². The van der Waals surface area contributed by atoms with Gasteiger partial charge in [0.15, 0.2) is 5.72 Å². The molecule has 3 aliphatic rings. The van der Waals surface area contributed by atoms with Crippen LogP contribution in [0.15, 0.2) is 52.9 Å². The molecule has 1 aromatic heterocycles. The fourth-order valence-corrected chi connectivity index (χ4v) is 4.13. The largest absolute Gasteiger partial charge is 0.354 e.